The number of carboxylic acid groups (broad SMARTS) is 1. The first kappa shape index (κ1) is 13.9. The number of nitrogens with zero attached hydrogens (tertiary/aromatic N) is 2. The quantitative estimate of drug-likeness (QED) is 0.869. The summed E-state index contributed by atoms with van der Waals surface area (Å²) in [5.74, 6) is -0.899. The topological polar surface area (TPSA) is 101 Å². The van der Waals surface area contributed by atoms with Crippen LogP contribution in [0.5, 0.6) is 0 Å². The summed E-state index contributed by atoms with van der Waals surface area (Å²) in [6.07, 6.45) is -0.611. The third-order valence-electron chi connectivity index (χ3n) is 2.25. The third-order valence-corrected chi connectivity index (χ3v) is 3.00. The van der Waals surface area contributed by atoms with E-state index in [0.29, 0.717) is 0 Å². The van der Waals surface area contributed by atoms with E-state index in [2.05, 4.69) is 14.7 Å². The lowest BCUT2D eigenvalue weighted by Gasteiger charge is -2.05. The van der Waals surface area contributed by atoms with Crippen molar-refractivity contribution in [2.75, 3.05) is 0 Å². The maximum absolute atomic E-state index is 11.4. The van der Waals surface area contributed by atoms with Crippen molar-refractivity contribution in [2.24, 2.45) is 0 Å². The second-order valence-corrected chi connectivity index (χ2v) is 4.49. The number of carboxylic acids is 1. The number of carbonyl (C=O) groups excluding carboxylic acids is 1. The van der Waals surface area contributed by atoms with Gasteiger partial charge >= 0.3 is 12.1 Å². The molecule has 0 fully saturated rings. The van der Waals surface area contributed by atoms with Crippen LogP contribution in [0, 0.1) is 0 Å². The first-order valence-electron chi connectivity index (χ1n) is 5.65. The summed E-state index contributed by atoms with van der Waals surface area (Å²) >= 11 is 0.767. The fraction of sp³-hybridized carbons (Fsp3) is 0.167. The molecular weight excluding hydrogens is 282 g/mol. The molecule has 1 heterocycles. The van der Waals surface area contributed by atoms with Crippen molar-refractivity contribution in [1.29, 1.82) is 0 Å². The maximum Gasteiger partial charge on any atom is 0.407 e. The summed E-state index contributed by atoms with van der Waals surface area (Å²) in [6.45, 7) is 0.189. The Bertz CT molecular complexity index is 600. The lowest BCUT2D eigenvalue weighted by molar-refractivity contribution is 0.0696. The fourth-order valence-corrected chi connectivity index (χ4v) is 1.86. The van der Waals surface area contributed by atoms with Gasteiger partial charge in [0.05, 0.1) is 6.54 Å². The molecular formula is C12H11N3O4S. The molecule has 0 radical (unpaired) electrons. The molecule has 0 spiro atoms. The molecule has 0 aliphatic heterocycles. The molecule has 20 heavy (non-hydrogen) atoms. The van der Waals surface area contributed by atoms with Crippen LogP contribution in [-0.4, -0.2) is 26.5 Å². The van der Waals surface area contributed by atoms with Crippen LogP contribution in [0.4, 0.5) is 4.79 Å². The van der Waals surface area contributed by atoms with Crippen LogP contribution in [0.1, 0.15) is 21.2 Å². The van der Waals surface area contributed by atoms with Crippen LogP contribution in [0.2, 0.25) is 0 Å². The summed E-state index contributed by atoms with van der Waals surface area (Å²) in [6, 6.07) is 9.26. The van der Waals surface area contributed by atoms with Gasteiger partial charge in [0.1, 0.15) is 6.61 Å². The lowest BCUT2D eigenvalue weighted by atomic mass is 10.2. The van der Waals surface area contributed by atoms with E-state index in [1.807, 2.05) is 30.3 Å². The first-order chi connectivity index (χ1) is 9.65. The van der Waals surface area contributed by atoms with Crippen LogP contribution < -0.4 is 5.32 Å². The van der Waals surface area contributed by atoms with Crippen molar-refractivity contribution in [3.63, 3.8) is 0 Å². The fourth-order valence-electron chi connectivity index (χ4n) is 1.34. The number of alkyl carbamates (subject to hydrolysis) is 1. The number of benzene rings is 1. The van der Waals surface area contributed by atoms with E-state index in [1.165, 1.54) is 0 Å². The van der Waals surface area contributed by atoms with Crippen molar-refractivity contribution in [3.05, 3.63) is 46.7 Å². The number of hydrogen-bond donors (Lipinski definition) is 2. The second kappa shape index (κ2) is 6.62. The highest BCUT2D eigenvalue weighted by Gasteiger charge is 2.11. The monoisotopic (exact) mass is 293 g/mol. The number of aromatic nitrogens is 2. The zero-order chi connectivity index (χ0) is 14.4. The largest absolute Gasteiger partial charge is 0.476 e. The highest BCUT2D eigenvalue weighted by atomic mass is 32.1. The van der Waals surface area contributed by atoms with Crippen molar-refractivity contribution in [1.82, 2.24) is 14.7 Å². The van der Waals surface area contributed by atoms with Crippen LogP contribution in [-0.2, 0) is 17.9 Å². The van der Waals surface area contributed by atoms with Gasteiger partial charge in [0.2, 0.25) is 5.01 Å². The zero-order valence-corrected chi connectivity index (χ0v) is 11.1. The average Bonchev–Trinajstić information content (AvgIpc) is 2.93. The highest BCUT2D eigenvalue weighted by molar-refractivity contribution is 7.07. The van der Waals surface area contributed by atoms with E-state index in [9.17, 15) is 9.59 Å². The van der Waals surface area contributed by atoms with Crippen LogP contribution in [0.3, 0.4) is 0 Å². The minimum absolute atomic E-state index is 0.0252. The molecule has 0 aliphatic rings. The predicted octanol–water partition coefficient (Wildman–Crippen LogP) is 1.66. The Morgan fingerprint density at radius 1 is 1.30 bits per heavy atom. The second-order valence-electron chi connectivity index (χ2n) is 3.74. The van der Waals surface area contributed by atoms with Gasteiger partial charge in [-0.05, 0) is 17.1 Å². The van der Waals surface area contributed by atoms with Gasteiger partial charge in [-0.25, -0.2) is 14.6 Å². The first-order valence-corrected chi connectivity index (χ1v) is 6.43. The number of nitrogens with one attached hydrogen (secondary N) is 1. The number of rotatable bonds is 5. The minimum atomic E-state index is -1.14. The van der Waals surface area contributed by atoms with E-state index in [1.54, 1.807) is 0 Å². The molecule has 104 valence electrons. The van der Waals surface area contributed by atoms with Crippen LogP contribution >= 0.6 is 11.5 Å². The lowest BCUT2D eigenvalue weighted by Crippen LogP contribution is -2.24. The number of aromatic carboxylic acids is 1. The zero-order valence-electron chi connectivity index (χ0n) is 10.3. The summed E-state index contributed by atoms with van der Waals surface area (Å²) in [7, 11) is 0. The molecule has 0 saturated carbocycles. The van der Waals surface area contributed by atoms with Gasteiger partial charge in [0.25, 0.3) is 0 Å². The number of ether oxygens (including phenoxy) is 1. The molecule has 1 aromatic heterocycles. The summed E-state index contributed by atoms with van der Waals surface area (Å²) in [4.78, 5) is 25.8. The molecule has 0 saturated heterocycles. The number of carbonyl (C=O) groups is 2. The standard InChI is InChI=1S/C12H11N3O4S/c16-11(17)10-14-9(15-20-10)6-13-12(18)19-7-8-4-2-1-3-5-8/h1-5H,6-7H2,(H,13,18)(H,16,17). The van der Waals surface area contributed by atoms with E-state index in [0.717, 1.165) is 17.1 Å². The molecule has 8 heteroatoms. The maximum atomic E-state index is 11.4. The normalized spacial score (nSPS) is 10.0. The Labute approximate surface area is 118 Å². The molecule has 1 amide bonds. The van der Waals surface area contributed by atoms with E-state index < -0.39 is 12.1 Å². The van der Waals surface area contributed by atoms with Crippen LogP contribution in [0.25, 0.3) is 0 Å². The molecule has 2 aromatic rings. The van der Waals surface area contributed by atoms with Gasteiger partial charge in [-0.3, -0.25) is 0 Å². The van der Waals surface area contributed by atoms with E-state index in [-0.39, 0.29) is 24.0 Å². The van der Waals surface area contributed by atoms with Gasteiger partial charge in [0.15, 0.2) is 5.82 Å². The van der Waals surface area contributed by atoms with Crippen molar-refractivity contribution >= 4 is 23.6 Å². The summed E-state index contributed by atoms with van der Waals surface area (Å²) < 4.78 is 8.79. The number of hydrogen-bond acceptors (Lipinski definition) is 6. The summed E-state index contributed by atoms with van der Waals surface area (Å²) in [5.41, 5.74) is 0.877. The minimum Gasteiger partial charge on any atom is -0.476 e. The van der Waals surface area contributed by atoms with Gasteiger partial charge in [-0.15, -0.1) is 0 Å². The van der Waals surface area contributed by atoms with E-state index >= 15 is 0 Å². The average molecular weight is 293 g/mol. The van der Waals surface area contributed by atoms with Crippen LogP contribution in [0.15, 0.2) is 30.3 Å². The molecule has 0 bridgehead atoms. The van der Waals surface area contributed by atoms with Gasteiger partial charge in [0, 0.05) is 0 Å². The molecule has 0 unspecified atom stereocenters. The molecule has 1 aromatic carbocycles. The SMILES string of the molecule is O=C(NCc1nsc(C(=O)O)n1)OCc1ccccc1. The molecule has 0 aliphatic carbocycles. The smallest absolute Gasteiger partial charge is 0.407 e. The Morgan fingerprint density at radius 3 is 2.70 bits per heavy atom. The molecule has 2 rings (SSSR count). The van der Waals surface area contributed by atoms with Gasteiger partial charge in [-0.1, -0.05) is 30.3 Å². The summed E-state index contributed by atoms with van der Waals surface area (Å²) in [5, 5.41) is 11.0. The highest BCUT2D eigenvalue weighted by Crippen LogP contribution is 2.04. The Balaban J connectivity index is 1.76. The Hall–Kier alpha value is -2.48. The number of amides is 1. The molecule has 7 nitrogen and oxygen atoms in total. The Kier molecular flexibility index (Phi) is 4.61. The van der Waals surface area contributed by atoms with Gasteiger partial charge in [-0.2, -0.15) is 4.37 Å². The Morgan fingerprint density at radius 2 is 2.05 bits per heavy atom. The third kappa shape index (κ3) is 4.02. The van der Waals surface area contributed by atoms with Crippen molar-refractivity contribution in [2.45, 2.75) is 13.2 Å². The molecule has 2 N–H and O–H groups in total. The van der Waals surface area contributed by atoms with Gasteiger partial charge < -0.3 is 15.2 Å². The molecule has 0 atom stereocenters. The predicted molar refractivity (Wildman–Crippen MR) is 70.3 cm³/mol. The van der Waals surface area contributed by atoms with Crippen molar-refractivity contribution < 1.29 is 19.4 Å². The van der Waals surface area contributed by atoms with Crippen molar-refractivity contribution in [3.8, 4) is 0 Å². The van der Waals surface area contributed by atoms with E-state index in [4.69, 9.17) is 9.84 Å².